The van der Waals surface area contributed by atoms with Crippen molar-refractivity contribution in [1.29, 1.82) is 0 Å². The lowest BCUT2D eigenvalue weighted by Gasteiger charge is -2.20. The highest BCUT2D eigenvalue weighted by atomic mass is 32.2. The van der Waals surface area contributed by atoms with Gasteiger partial charge in [0.2, 0.25) is 0 Å². The highest BCUT2D eigenvalue weighted by Crippen LogP contribution is 2.44. The fraction of sp³-hybridized carbons (Fsp3) is 0.160. The molecule has 7 heteroatoms. The van der Waals surface area contributed by atoms with E-state index in [9.17, 15) is 9.59 Å². The van der Waals surface area contributed by atoms with Crippen molar-refractivity contribution < 1.29 is 4.79 Å². The Labute approximate surface area is 194 Å². The highest BCUT2D eigenvalue weighted by molar-refractivity contribution is 7.99. The summed E-state index contributed by atoms with van der Waals surface area (Å²) in [5.74, 6) is -0.363. The number of aromatic nitrogens is 2. The average Bonchev–Trinajstić information content (AvgIpc) is 3.27. The van der Waals surface area contributed by atoms with E-state index in [0.29, 0.717) is 6.42 Å². The van der Waals surface area contributed by atoms with Crippen molar-refractivity contribution in [2.45, 2.75) is 30.0 Å². The van der Waals surface area contributed by atoms with Gasteiger partial charge in [-0.3, -0.25) is 14.6 Å². The second kappa shape index (κ2) is 8.76. The van der Waals surface area contributed by atoms with Crippen LogP contribution in [0.25, 0.3) is 5.69 Å². The van der Waals surface area contributed by atoms with Gasteiger partial charge in [0.1, 0.15) is 5.56 Å². The third kappa shape index (κ3) is 3.89. The number of thioether (sulfide) groups is 1. The van der Waals surface area contributed by atoms with Crippen LogP contribution in [0.3, 0.4) is 0 Å². The molecule has 0 saturated carbocycles. The number of carbonyl (C=O) groups is 1. The minimum absolute atomic E-state index is 0.111. The van der Waals surface area contributed by atoms with Crippen molar-refractivity contribution in [2.24, 2.45) is 0 Å². The number of fused-ring (bicyclic) bond motifs is 3. The van der Waals surface area contributed by atoms with Crippen molar-refractivity contribution in [1.82, 2.24) is 14.9 Å². The number of nitrogens with one attached hydrogen (secondary N) is 1. The maximum atomic E-state index is 13.3. The molecule has 0 radical (unpaired) electrons. The highest BCUT2D eigenvalue weighted by Gasteiger charge is 2.29. The Hall–Kier alpha value is -3.16. The van der Waals surface area contributed by atoms with E-state index in [1.807, 2.05) is 37.3 Å². The molecule has 1 aliphatic rings. The van der Waals surface area contributed by atoms with Crippen LogP contribution >= 0.6 is 23.1 Å². The molecular formula is C25H21N3O2S2. The Kier molecular flexibility index (Phi) is 5.68. The SMILES string of the molecule is Cc1cc(=O)c(C(=O)NCc2ccccn2)c2n1-c1ccccc1SC(c1ccsc1)C2. The van der Waals surface area contributed by atoms with Crippen LogP contribution in [0.5, 0.6) is 0 Å². The second-order valence-electron chi connectivity index (χ2n) is 7.65. The number of carbonyl (C=O) groups excluding carboxylic acids is 1. The molecule has 0 fully saturated rings. The van der Waals surface area contributed by atoms with Crippen LogP contribution in [0.2, 0.25) is 0 Å². The zero-order chi connectivity index (χ0) is 22.1. The Morgan fingerprint density at radius 1 is 1.19 bits per heavy atom. The summed E-state index contributed by atoms with van der Waals surface area (Å²) in [5.41, 5.74) is 4.49. The number of benzene rings is 1. The van der Waals surface area contributed by atoms with Crippen molar-refractivity contribution in [3.8, 4) is 5.69 Å². The van der Waals surface area contributed by atoms with Crippen LogP contribution in [0.4, 0.5) is 0 Å². The largest absolute Gasteiger partial charge is 0.346 e. The molecule has 1 aliphatic heterocycles. The van der Waals surface area contributed by atoms with Gasteiger partial charge in [0.05, 0.1) is 17.9 Å². The van der Waals surface area contributed by atoms with E-state index in [4.69, 9.17) is 0 Å². The van der Waals surface area contributed by atoms with E-state index in [1.54, 1.807) is 35.4 Å². The van der Waals surface area contributed by atoms with Gasteiger partial charge < -0.3 is 9.88 Å². The fourth-order valence-corrected chi connectivity index (χ4v) is 6.15. The van der Waals surface area contributed by atoms with Crippen molar-refractivity contribution in [3.63, 3.8) is 0 Å². The first-order valence-corrected chi connectivity index (χ1v) is 12.2. The monoisotopic (exact) mass is 459 g/mol. The van der Waals surface area contributed by atoms with Gasteiger partial charge >= 0.3 is 0 Å². The number of pyridine rings is 2. The van der Waals surface area contributed by atoms with Gasteiger partial charge in [0.15, 0.2) is 5.43 Å². The molecule has 3 aromatic heterocycles. The maximum absolute atomic E-state index is 13.3. The van der Waals surface area contributed by atoms with Gasteiger partial charge in [-0.1, -0.05) is 18.2 Å². The Balaban J connectivity index is 1.63. The first kappa shape index (κ1) is 20.7. The third-order valence-electron chi connectivity index (χ3n) is 5.55. The van der Waals surface area contributed by atoms with Gasteiger partial charge in [-0.05, 0) is 53.6 Å². The summed E-state index contributed by atoms with van der Waals surface area (Å²) in [6, 6.07) is 17.4. The smallest absolute Gasteiger partial charge is 0.257 e. The van der Waals surface area contributed by atoms with Crippen LogP contribution in [0, 0.1) is 6.92 Å². The van der Waals surface area contributed by atoms with Crippen molar-refractivity contribution >= 4 is 29.0 Å². The molecule has 0 bridgehead atoms. The zero-order valence-electron chi connectivity index (χ0n) is 17.4. The minimum atomic E-state index is -0.363. The summed E-state index contributed by atoms with van der Waals surface area (Å²) in [6.45, 7) is 2.19. The van der Waals surface area contributed by atoms with Crippen LogP contribution in [-0.2, 0) is 13.0 Å². The van der Waals surface area contributed by atoms with Gasteiger partial charge in [-0.15, -0.1) is 11.8 Å². The van der Waals surface area contributed by atoms with Gasteiger partial charge in [-0.25, -0.2) is 0 Å². The van der Waals surface area contributed by atoms with Gasteiger partial charge in [0, 0.05) is 40.2 Å². The Bertz CT molecular complexity index is 1330. The van der Waals surface area contributed by atoms with Crippen LogP contribution in [-0.4, -0.2) is 15.5 Å². The Morgan fingerprint density at radius 2 is 2.03 bits per heavy atom. The van der Waals surface area contributed by atoms with Crippen molar-refractivity contribution in [3.05, 3.63) is 110 Å². The third-order valence-corrected chi connectivity index (χ3v) is 7.57. The minimum Gasteiger partial charge on any atom is -0.346 e. The number of hydrogen-bond acceptors (Lipinski definition) is 5. The first-order chi connectivity index (χ1) is 15.6. The van der Waals surface area contributed by atoms with Crippen molar-refractivity contribution in [2.75, 3.05) is 0 Å². The summed E-state index contributed by atoms with van der Waals surface area (Å²) in [5, 5.41) is 7.22. The normalized spacial score (nSPS) is 14.8. The average molecular weight is 460 g/mol. The lowest BCUT2D eigenvalue weighted by Crippen LogP contribution is -2.32. The van der Waals surface area contributed by atoms with Crippen LogP contribution in [0.1, 0.15) is 38.3 Å². The summed E-state index contributed by atoms with van der Waals surface area (Å²) >= 11 is 3.44. The summed E-state index contributed by atoms with van der Waals surface area (Å²) in [6.07, 6.45) is 2.27. The number of amides is 1. The predicted molar refractivity (Wildman–Crippen MR) is 129 cm³/mol. The molecule has 1 amide bonds. The maximum Gasteiger partial charge on any atom is 0.257 e. The molecule has 4 aromatic rings. The molecule has 0 spiro atoms. The molecule has 0 saturated heterocycles. The predicted octanol–water partition coefficient (Wildman–Crippen LogP) is 4.92. The number of aryl methyl sites for hydroxylation is 1. The molecule has 5 rings (SSSR count). The molecule has 1 aromatic carbocycles. The number of thiophene rings is 1. The van der Waals surface area contributed by atoms with E-state index in [2.05, 4.69) is 43.8 Å². The summed E-state index contributed by atoms with van der Waals surface area (Å²) in [4.78, 5) is 31.8. The molecule has 0 aliphatic carbocycles. The molecule has 1 unspecified atom stereocenters. The lowest BCUT2D eigenvalue weighted by atomic mass is 10.0. The van der Waals surface area contributed by atoms with Crippen LogP contribution in [0.15, 0.2) is 81.2 Å². The van der Waals surface area contributed by atoms with E-state index >= 15 is 0 Å². The molecule has 5 nitrogen and oxygen atoms in total. The fourth-order valence-electron chi connectivity index (χ4n) is 4.08. The number of hydrogen-bond donors (Lipinski definition) is 1. The number of rotatable bonds is 4. The topological polar surface area (TPSA) is 64.0 Å². The Morgan fingerprint density at radius 3 is 2.81 bits per heavy atom. The second-order valence-corrected chi connectivity index (χ2v) is 9.67. The molecule has 4 heterocycles. The quantitative estimate of drug-likeness (QED) is 0.470. The standard InChI is InChI=1S/C25H21N3O2S2/c1-16-12-21(29)24(25(30)27-14-18-6-4-5-10-26-18)20-13-23(17-9-11-31-15-17)32-22-8-3-2-7-19(22)28(16)20/h2-12,15,23H,13-14H2,1H3,(H,27,30). The number of nitrogens with zero attached hydrogens (tertiary/aromatic N) is 2. The summed E-state index contributed by atoms with van der Waals surface area (Å²) in [7, 11) is 0. The van der Waals surface area contributed by atoms with Gasteiger partial charge in [0.25, 0.3) is 5.91 Å². The van der Waals surface area contributed by atoms with Gasteiger partial charge in [-0.2, -0.15) is 11.3 Å². The first-order valence-electron chi connectivity index (χ1n) is 10.3. The lowest BCUT2D eigenvalue weighted by molar-refractivity contribution is 0.0947. The van der Waals surface area contributed by atoms with E-state index in [-0.39, 0.29) is 28.7 Å². The summed E-state index contributed by atoms with van der Waals surface area (Å²) < 4.78 is 2.08. The molecule has 1 atom stereocenters. The van der Waals surface area contributed by atoms with E-state index in [0.717, 1.165) is 27.7 Å². The van der Waals surface area contributed by atoms with E-state index < -0.39 is 0 Å². The molecule has 1 N–H and O–H groups in total. The zero-order valence-corrected chi connectivity index (χ0v) is 19.1. The molecular weight excluding hydrogens is 438 g/mol. The molecule has 160 valence electrons. The van der Waals surface area contributed by atoms with E-state index in [1.165, 1.54) is 5.56 Å². The van der Waals surface area contributed by atoms with Crippen LogP contribution < -0.4 is 10.7 Å². The molecule has 32 heavy (non-hydrogen) atoms. The number of para-hydroxylation sites is 1.